The Labute approximate surface area is 228 Å². The van der Waals surface area contributed by atoms with Crippen molar-refractivity contribution in [3.63, 3.8) is 0 Å². The SMILES string of the molecule is CC(C)(C)OC(=O)NC1CCC(NC(=O)c2cc3ccc(C#N)cc3n2Cc2cccc3ccccc23)CC1. The third-order valence-corrected chi connectivity index (χ3v) is 7.26. The lowest BCUT2D eigenvalue weighted by atomic mass is 9.91. The van der Waals surface area contributed by atoms with Gasteiger partial charge >= 0.3 is 6.09 Å². The normalized spacial score (nSPS) is 17.5. The van der Waals surface area contributed by atoms with Gasteiger partial charge in [0.25, 0.3) is 5.91 Å². The van der Waals surface area contributed by atoms with Crippen LogP contribution in [0.3, 0.4) is 0 Å². The first kappa shape index (κ1) is 26.3. The van der Waals surface area contributed by atoms with Gasteiger partial charge in [-0.05, 0) is 81.0 Å². The first-order valence-electron chi connectivity index (χ1n) is 13.5. The number of benzene rings is 3. The fourth-order valence-corrected chi connectivity index (χ4v) is 5.40. The van der Waals surface area contributed by atoms with Crippen LogP contribution >= 0.6 is 0 Å². The summed E-state index contributed by atoms with van der Waals surface area (Å²) >= 11 is 0. The van der Waals surface area contributed by atoms with Gasteiger partial charge in [-0.2, -0.15) is 5.26 Å². The summed E-state index contributed by atoms with van der Waals surface area (Å²) in [5.41, 5.74) is 2.56. The molecule has 0 atom stereocenters. The molecule has 0 saturated heterocycles. The number of nitriles is 1. The van der Waals surface area contributed by atoms with Gasteiger partial charge in [0.05, 0.1) is 17.1 Å². The van der Waals surface area contributed by atoms with E-state index in [2.05, 4.69) is 41.0 Å². The lowest BCUT2D eigenvalue weighted by molar-refractivity contribution is 0.0488. The summed E-state index contributed by atoms with van der Waals surface area (Å²) in [5, 5.41) is 18.9. The molecule has 0 bridgehead atoms. The van der Waals surface area contributed by atoms with Crippen LogP contribution in [0.5, 0.6) is 0 Å². The molecule has 1 heterocycles. The molecule has 7 heteroatoms. The lowest BCUT2D eigenvalue weighted by Crippen LogP contribution is -2.45. The number of nitrogens with zero attached hydrogens (tertiary/aromatic N) is 2. The number of hydrogen-bond acceptors (Lipinski definition) is 4. The second kappa shape index (κ2) is 10.8. The highest BCUT2D eigenvalue weighted by Gasteiger charge is 2.27. The molecule has 1 fully saturated rings. The predicted molar refractivity (Wildman–Crippen MR) is 153 cm³/mol. The zero-order valence-electron chi connectivity index (χ0n) is 22.7. The minimum Gasteiger partial charge on any atom is -0.444 e. The van der Waals surface area contributed by atoms with E-state index in [1.165, 1.54) is 0 Å². The summed E-state index contributed by atoms with van der Waals surface area (Å²) in [6, 6.07) is 24.2. The number of carbonyl (C=O) groups is 2. The van der Waals surface area contributed by atoms with Crippen molar-refractivity contribution in [1.29, 1.82) is 5.26 Å². The molecule has 2 N–H and O–H groups in total. The second-order valence-electron chi connectivity index (χ2n) is 11.3. The third-order valence-electron chi connectivity index (χ3n) is 7.26. The number of fused-ring (bicyclic) bond motifs is 2. The molecule has 1 aromatic heterocycles. The van der Waals surface area contributed by atoms with Crippen LogP contribution in [0.25, 0.3) is 21.7 Å². The topological polar surface area (TPSA) is 96.2 Å². The maximum Gasteiger partial charge on any atom is 0.407 e. The molecule has 3 aromatic carbocycles. The van der Waals surface area contributed by atoms with Gasteiger partial charge in [-0.25, -0.2) is 4.79 Å². The third kappa shape index (κ3) is 6.06. The molecule has 1 aliphatic carbocycles. The van der Waals surface area contributed by atoms with Crippen molar-refractivity contribution in [2.45, 2.75) is 70.7 Å². The average Bonchev–Trinajstić information content (AvgIpc) is 3.26. The van der Waals surface area contributed by atoms with Gasteiger partial charge in [0.1, 0.15) is 11.3 Å². The Kier molecular flexibility index (Phi) is 7.30. The largest absolute Gasteiger partial charge is 0.444 e. The molecule has 0 unspecified atom stereocenters. The van der Waals surface area contributed by atoms with Crippen LogP contribution in [0.2, 0.25) is 0 Å². The Morgan fingerprint density at radius 3 is 2.33 bits per heavy atom. The van der Waals surface area contributed by atoms with Gasteiger partial charge in [0.15, 0.2) is 0 Å². The smallest absolute Gasteiger partial charge is 0.407 e. The minimum absolute atomic E-state index is 0.0212. The van der Waals surface area contributed by atoms with Gasteiger partial charge in [0.2, 0.25) is 0 Å². The quantitative estimate of drug-likeness (QED) is 0.322. The van der Waals surface area contributed by atoms with E-state index in [9.17, 15) is 14.9 Å². The molecule has 5 rings (SSSR count). The molecule has 1 aliphatic rings. The highest BCUT2D eigenvalue weighted by molar-refractivity contribution is 5.99. The molecule has 39 heavy (non-hydrogen) atoms. The Bertz CT molecular complexity index is 1560. The maximum atomic E-state index is 13.6. The summed E-state index contributed by atoms with van der Waals surface area (Å²) in [5.74, 6) is -0.131. The van der Waals surface area contributed by atoms with Crippen LogP contribution in [0, 0.1) is 11.3 Å². The number of alkyl carbamates (subject to hydrolysis) is 1. The van der Waals surface area contributed by atoms with E-state index in [-0.39, 0.29) is 18.0 Å². The zero-order valence-corrected chi connectivity index (χ0v) is 22.7. The van der Waals surface area contributed by atoms with Crippen LogP contribution in [-0.2, 0) is 11.3 Å². The zero-order chi connectivity index (χ0) is 27.6. The van der Waals surface area contributed by atoms with Crippen LogP contribution in [-0.4, -0.2) is 34.3 Å². The van der Waals surface area contributed by atoms with Crippen LogP contribution in [0.15, 0.2) is 66.7 Å². The fourth-order valence-electron chi connectivity index (χ4n) is 5.40. The van der Waals surface area contributed by atoms with Crippen molar-refractivity contribution in [3.8, 4) is 6.07 Å². The Morgan fingerprint density at radius 1 is 0.923 bits per heavy atom. The van der Waals surface area contributed by atoms with Gasteiger partial charge in [-0.3, -0.25) is 4.79 Å². The molecular formula is C32H34N4O3. The first-order chi connectivity index (χ1) is 18.7. The molecule has 0 radical (unpaired) electrons. The Morgan fingerprint density at radius 2 is 1.62 bits per heavy atom. The summed E-state index contributed by atoms with van der Waals surface area (Å²) in [6.45, 7) is 6.05. The highest BCUT2D eigenvalue weighted by atomic mass is 16.6. The standard InChI is InChI=1S/C32H34N4O3/c1-32(2,3)39-31(38)35-26-15-13-25(14-16-26)34-30(37)29-18-23-12-11-21(19-33)17-28(23)36(29)20-24-9-6-8-22-7-4-5-10-27(22)24/h4-12,17-18,25-26H,13-16,20H2,1-3H3,(H,34,37)(H,35,38). The minimum atomic E-state index is -0.534. The Hall–Kier alpha value is -4.31. The van der Waals surface area contributed by atoms with Gasteiger partial charge < -0.3 is 19.9 Å². The number of aromatic nitrogens is 1. The lowest BCUT2D eigenvalue weighted by Gasteiger charge is -2.30. The average molecular weight is 523 g/mol. The maximum absolute atomic E-state index is 13.6. The molecule has 0 spiro atoms. The molecule has 1 saturated carbocycles. The van der Waals surface area contributed by atoms with E-state index in [1.54, 1.807) is 6.07 Å². The highest BCUT2D eigenvalue weighted by Crippen LogP contribution is 2.27. The number of rotatable bonds is 5. The van der Waals surface area contributed by atoms with Crippen molar-refractivity contribution in [1.82, 2.24) is 15.2 Å². The van der Waals surface area contributed by atoms with E-state index >= 15 is 0 Å². The number of amides is 2. The van der Waals surface area contributed by atoms with Crippen molar-refractivity contribution in [2.75, 3.05) is 0 Å². The van der Waals surface area contributed by atoms with E-state index in [1.807, 2.05) is 61.7 Å². The van der Waals surface area contributed by atoms with Gasteiger partial charge in [-0.15, -0.1) is 0 Å². The molecule has 200 valence electrons. The molecule has 7 nitrogen and oxygen atoms in total. The number of ether oxygens (including phenoxy) is 1. The number of hydrogen-bond donors (Lipinski definition) is 2. The second-order valence-corrected chi connectivity index (χ2v) is 11.3. The summed E-state index contributed by atoms with van der Waals surface area (Å²) in [6.07, 6.45) is 2.69. The molecule has 0 aliphatic heterocycles. The fraction of sp³-hybridized carbons (Fsp3) is 0.344. The summed E-state index contributed by atoms with van der Waals surface area (Å²) in [7, 11) is 0. The van der Waals surface area contributed by atoms with Crippen molar-refractivity contribution < 1.29 is 14.3 Å². The van der Waals surface area contributed by atoms with Crippen LogP contribution < -0.4 is 10.6 Å². The predicted octanol–water partition coefficient (Wildman–Crippen LogP) is 6.28. The van der Waals surface area contributed by atoms with Gasteiger partial charge in [0, 0.05) is 24.0 Å². The monoisotopic (exact) mass is 522 g/mol. The molecular weight excluding hydrogens is 488 g/mol. The summed E-state index contributed by atoms with van der Waals surface area (Å²) < 4.78 is 7.40. The number of nitrogens with one attached hydrogen (secondary N) is 2. The van der Waals surface area contributed by atoms with E-state index < -0.39 is 11.7 Å². The van der Waals surface area contributed by atoms with E-state index in [0.717, 1.165) is 52.9 Å². The first-order valence-corrected chi connectivity index (χ1v) is 13.5. The van der Waals surface area contributed by atoms with E-state index in [0.29, 0.717) is 17.8 Å². The number of carbonyl (C=O) groups excluding carboxylic acids is 2. The molecule has 2 amide bonds. The van der Waals surface area contributed by atoms with Crippen molar-refractivity contribution >= 4 is 33.7 Å². The van der Waals surface area contributed by atoms with Crippen molar-refractivity contribution in [2.24, 2.45) is 0 Å². The van der Waals surface area contributed by atoms with E-state index in [4.69, 9.17) is 4.74 Å². The van der Waals surface area contributed by atoms with Crippen molar-refractivity contribution in [3.05, 3.63) is 83.6 Å². The van der Waals surface area contributed by atoms with Gasteiger partial charge in [-0.1, -0.05) is 48.5 Å². The molecule has 4 aromatic rings. The Balaban J connectivity index is 1.35. The van der Waals surface area contributed by atoms with Crippen LogP contribution in [0.4, 0.5) is 4.79 Å². The summed E-state index contributed by atoms with van der Waals surface area (Å²) in [4.78, 5) is 25.8. The van der Waals surface area contributed by atoms with Crippen LogP contribution in [0.1, 0.15) is 68.1 Å².